The van der Waals surface area contributed by atoms with Gasteiger partial charge in [-0.2, -0.15) is 13.2 Å². The molecule has 81 heavy (non-hydrogen) atoms. The Morgan fingerprint density at radius 2 is 1.51 bits per heavy atom. The topological polar surface area (TPSA) is 194 Å². The molecule has 16 nitrogen and oxygen atoms in total. The smallest absolute Gasteiger partial charge is 0.478 e. The zero-order valence-corrected chi connectivity index (χ0v) is 49.2. The van der Waals surface area contributed by atoms with E-state index in [1.54, 1.807) is 24.3 Å². The summed E-state index contributed by atoms with van der Waals surface area (Å²) in [4.78, 5) is 37.7. The molecule has 0 spiro atoms. The number of halogens is 4. The third-order valence-electron chi connectivity index (χ3n) is 15.1. The molecule has 6 aromatic rings. The zero-order chi connectivity index (χ0) is 57.9. The van der Waals surface area contributed by atoms with E-state index in [0.29, 0.717) is 99.2 Å². The third-order valence-corrected chi connectivity index (χ3v) is 21.1. The average molecular weight is 1210 g/mol. The van der Waals surface area contributed by atoms with Gasteiger partial charge < -0.3 is 44.0 Å². The van der Waals surface area contributed by atoms with Crippen molar-refractivity contribution in [1.82, 2.24) is 9.47 Å². The Morgan fingerprint density at radius 1 is 0.852 bits per heavy atom. The molecule has 1 aromatic heterocycles. The van der Waals surface area contributed by atoms with Crippen LogP contribution in [0.1, 0.15) is 61.6 Å². The summed E-state index contributed by atoms with van der Waals surface area (Å²) in [7, 11) is -14.8. The minimum atomic E-state index is -6.00. The second kappa shape index (κ2) is 25.3. The van der Waals surface area contributed by atoms with E-state index in [2.05, 4.69) is 24.6 Å². The quantitative estimate of drug-likeness (QED) is 0.0416. The van der Waals surface area contributed by atoms with E-state index < -0.39 is 47.6 Å². The molecule has 0 amide bonds. The van der Waals surface area contributed by atoms with Gasteiger partial charge in [0.05, 0.1) is 35.5 Å². The summed E-state index contributed by atoms with van der Waals surface area (Å²) in [5.41, 5.74) is 0.284. The number of piperazine rings is 1. The van der Waals surface area contributed by atoms with Crippen LogP contribution in [0.3, 0.4) is 0 Å². The number of carbonyl (C=O) groups is 1. The average Bonchev–Trinajstić information content (AvgIpc) is 3.94. The van der Waals surface area contributed by atoms with Crippen molar-refractivity contribution in [3.63, 3.8) is 0 Å². The van der Waals surface area contributed by atoms with Crippen molar-refractivity contribution in [2.24, 2.45) is 5.92 Å². The highest BCUT2D eigenvalue weighted by molar-refractivity contribution is 7.99. The third kappa shape index (κ3) is 13.9. The van der Waals surface area contributed by atoms with Crippen LogP contribution in [-0.4, -0.2) is 122 Å². The number of thioether (sulfide) groups is 1. The molecule has 4 N–H and O–H groups in total. The molecule has 434 valence electrons. The van der Waals surface area contributed by atoms with E-state index in [1.807, 2.05) is 99.6 Å². The molecule has 3 aliphatic rings. The summed E-state index contributed by atoms with van der Waals surface area (Å²) in [6.45, 7) is 10.3. The van der Waals surface area contributed by atoms with Crippen molar-refractivity contribution in [3.05, 3.63) is 138 Å². The molecular weight excluding hydrogens is 1150 g/mol. The van der Waals surface area contributed by atoms with Gasteiger partial charge >= 0.3 is 26.8 Å². The maximum Gasteiger partial charge on any atom is 0.501 e. The Bertz CT molecular complexity index is 3390. The van der Waals surface area contributed by atoms with Crippen LogP contribution in [0.4, 0.5) is 35.9 Å². The van der Waals surface area contributed by atoms with E-state index in [4.69, 9.17) is 30.4 Å². The number of aromatic nitrogens is 1. The first kappa shape index (κ1) is 60.3. The van der Waals surface area contributed by atoms with Crippen molar-refractivity contribution in [1.29, 1.82) is 0 Å². The molecule has 0 saturated carbocycles. The Kier molecular flexibility index (Phi) is 18.8. The molecule has 0 radical (unpaired) electrons. The number of likely N-dealkylation sites (tertiary alicyclic amines) is 1. The fraction of sp³-hybridized carbons (Fsp3) is 0.386. The lowest BCUT2D eigenvalue weighted by atomic mass is 9.96. The van der Waals surface area contributed by atoms with Crippen molar-refractivity contribution in [2.45, 2.75) is 73.8 Å². The lowest BCUT2D eigenvalue weighted by Crippen LogP contribution is -2.46. The number of alkyl halides is 3. The van der Waals surface area contributed by atoms with E-state index in [0.717, 1.165) is 39.2 Å². The van der Waals surface area contributed by atoms with Crippen LogP contribution in [0.2, 0.25) is 5.02 Å². The van der Waals surface area contributed by atoms with Gasteiger partial charge in [-0.25, -0.2) is 17.8 Å². The maximum absolute atomic E-state index is 15.3. The molecule has 4 heterocycles. The lowest BCUT2D eigenvalue weighted by molar-refractivity contribution is -0.0435. The zero-order valence-electron chi connectivity index (χ0n) is 45.0. The van der Waals surface area contributed by atoms with Crippen LogP contribution >= 0.6 is 38.7 Å². The van der Waals surface area contributed by atoms with Crippen LogP contribution < -0.4 is 25.1 Å². The number of phosphoric acid groups is 1. The van der Waals surface area contributed by atoms with Crippen LogP contribution in [-0.2, 0) is 28.0 Å². The summed E-state index contributed by atoms with van der Waals surface area (Å²) in [6, 6.07) is 35.0. The molecule has 0 aliphatic carbocycles. The predicted molar refractivity (Wildman–Crippen MR) is 314 cm³/mol. The first-order valence-corrected chi connectivity index (χ1v) is 32.8. The van der Waals surface area contributed by atoms with Gasteiger partial charge in [-0.05, 0) is 155 Å². The first-order valence-electron chi connectivity index (χ1n) is 26.8. The van der Waals surface area contributed by atoms with Gasteiger partial charge in [0.25, 0.3) is 9.84 Å². The number of aromatic carboxylic acids is 1. The second-order valence-electron chi connectivity index (χ2n) is 20.8. The highest BCUT2D eigenvalue weighted by Gasteiger charge is 2.49. The Balaban J connectivity index is 0.919. The van der Waals surface area contributed by atoms with Gasteiger partial charge in [0.2, 0.25) is 0 Å². The molecule has 3 saturated heterocycles. The predicted octanol–water partition coefficient (Wildman–Crippen LogP) is 12.2. The number of phosphoric ester groups is 1. The van der Waals surface area contributed by atoms with E-state index in [-0.39, 0.29) is 48.3 Å². The number of anilines is 4. The molecule has 3 fully saturated rings. The Morgan fingerprint density at radius 3 is 2.14 bits per heavy atom. The number of nitrogens with zero attached hydrogens (tertiary/aromatic N) is 5. The number of hydrogen-bond acceptors (Lipinski definition) is 12. The molecule has 24 heteroatoms. The molecule has 2 atom stereocenters. The molecular formula is C57H66ClF3N6O10P2S2. The van der Waals surface area contributed by atoms with Gasteiger partial charge in [0.1, 0.15) is 4.90 Å². The molecule has 5 aromatic carbocycles. The Hall–Kier alpha value is -5.31. The summed E-state index contributed by atoms with van der Waals surface area (Å²) in [5.74, 6) is -0.708. The van der Waals surface area contributed by atoms with Crippen molar-refractivity contribution in [3.8, 4) is 22.4 Å². The standard InChI is InChI=1S/C57H66ClF3N6O10P2S2/c1-39(2)67-40(3)53(56(68)69)54(55(67)42-13-15-44(58)16-14-42)43-9-7-10-48(35-43)65-32-30-64(31-33-65)46-17-19-47(20-18-46)66-26-8-34-76-78(66,70)49-21-22-51(52(36-49)81(74,75)57(59,60)61)62-45(38-80-50-11-5-4-6-12-50)25-29-63-27-23-41(24-28-63)37-77-79(71,72)73/h4-7,9-22,35-36,39,41,45,62H,8,23-34,37-38H2,1-3H3,(H,68,69)(H2,71,72,73)/t45-,78?/m1/s1. The minimum Gasteiger partial charge on any atom is -0.478 e. The number of carboxylic acids is 1. The van der Waals surface area contributed by atoms with E-state index in [9.17, 15) is 36.1 Å². The summed E-state index contributed by atoms with van der Waals surface area (Å²) in [5, 5.41) is 14.1. The summed E-state index contributed by atoms with van der Waals surface area (Å²) >= 11 is 7.74. The summed E-state index contributed by atoms with van der Waals surface area (Å²) < 4.78 is 112. The van der Waals surface area contributed by atoms with Gasteiger partial charge in [-0.1, -0.05) is 54.1 Å². The number of rotatable bonds is 20. The monoisotopic (exact) mass is 1210 g/mol. The molecule has 3 aliphatic heterocycles. The molecule has 1 unspecified atom stereocenters. The number of carboxylic acid groups (broad SMARTS) is 1. The fourth-order valence-corrected chi connectivity index (χ4v) is 15.9. The Labute approximate surface area is 479 Å². The normalized spacial score (nSPS) is 18.4. The number of hydrogen-bond donors (Lipinski definition) is 4. The van der Waals surface area contributed by atoms with Gasteiger partial charge in [-0.3, -0.25) is 13.8 Å². The van der Waals surface area contributed by atoms with Crippen LogP contribution in [0.15, 0.2) is 131 Å². The number of benzene rings is 5. The molecule has 9 rings (SSSR count). The minimum absolute atomic E-state index is 0.0295. The van der Waals surface area contributed by atoms with Crippen LogP contribution in [0.25, 0.3) is 22.4 Å². The molecule has 0 bridgehead atoms. The van der Waals surface area contributed by atoms with E-state index in [1.165, 1.54) is 28.6 Å². The van der Waals surface area contributed by atoms with Crippen LogP contribution in [0, 0.1) is 12.8 Å². The van der Waals surface area contributed by atoms with Gasteiger partial charge in [0, 0.05) is 95.3 Å². The summed E-state index contributed by atoms with van der Waals surface area (Å²) in [6.07, 6.45) is 2.10. The number of piperidine rings is 1. The SMILES string of the molecule is Cc1c(C(=O)O)c(-c2cccc(N3CCN(c4ccc(N5CCCOP5(=O)c5ccc(N[C@H](CCN6CCC(COP(=O)(O)O)CC6)CSc6ccccc6)c(S(=O)(=O)C(F)(F)F)c5)cc4)CC3)c2)c(-c2ccc(Cl)cc2)n1C(C)C. The first-order chi connectivity index (χ1) is 38.5. The highest BCUT2D eigenvalue weighted by atomic mass is 35.5. The maximum atomic E-state index is 15.3. The van der Waals surface area contributed by atoms with Gasteiger partial charge in [0.15, 0.2) is 0 Å². The van der Waals surface area contributed by atoms with Crippen molar-refractivity contribution >= 4 is 82.6 Å². The number of nitrogens with one attached hydrogen (secondary N) is 1. The van der Waals surface area contributed by atoms with Crippen LogP contribution in [0.5, 0.6) is 0 Å². The fourth-order valence-electron chi connectivity index (χ4n) is 11.0. The largest absolute Gasteiger partial charge is 0.501 e. The van der Waals surface area contributed by atoms with E-state index >= 15 is 4.57 Å². The van der Waals surface area contributed by atoms with Gasteiger partial charge in [-0.15, -0.1) is 11.8 Å². The highest BCUT2D eigenvalue weighted by Crippen LogP contribution is 2.55. The van der Waals surface area contributed by atoms with Crippen molar-refractivity contribution in [2.75, 3.05) is 91.1 Å². The second-order valence-corrected chi connectivity index (χ2v) is 27.8. The lowest BCUT2D eigenvalue weighted by Gasteiger charge is -2.39. The van der Waals surface area contributed by atoms with Crippen molar-refractivity contribution < 1.29 is 59.5 Å². The number of sulfone groups is 1.